The SMILES string of the molecule is C=CCO[C@H]1[C@@H](O)[C@@H](CO)O[C@H](Oc2ccc(OC)cc2)[C@@H]1O. The summed E-state index contributed by atoms with van der Waals surface area (Å²) in [5.41, 5.74) is 0. The highest BCUT2D eigenvalue weighted by atomic mass is 16.7. The number of aliphatic hydroxyl groups excluding tert-OH is 3. The van der Waals surface area contributed by atoms with Crippen molar-refractivity contribution in [3.05, 3.63) is 36.9 Å². The monoisotopic (exact) mass is 326 g/mol. The van der Waals surface area contributed by atoms with E-state index in [-0.39, 0.29) is 6.61 Å². The van der Waals surface area contributed by atoms with Crippen molar-refractivity contribution in [3.8, 4) is 11.5 Å². The Labute approximate surface area is 134 Å². The fourth-order valence-electron chi connectivity index (χ4n) is 2.31. The topological polar surface area (TPSA) is 97.6 Å². The van der Waals surface area contributed by atoms with E-state index in [0.29, 0.717) is 11.5 Å². The molecule has 2 rings (SSSR count). The number of aliphatic hydroxyl groups is 3. The first kappa shape index (κ1) is 17.7. The summed E-state index contributed by atoms with van der Waals surface area (Å²) in [5, 5.41) is 29.8. The van der Waals surface area contributed by atoms with Crippen LogP contribution in [0.4, 0.5) is 0 Å². The van der Waals surface area contributed by atoms with E-state index >= 15 is 0 Å². The first-order valence-electron chi connectivity index (χ1n) is 7.26. The maximum Gasteiger partial charge on any atom is 0.229 e. The number of methoxy groups -OCH3 is 1. The van der Waals surface area contributed by atoms with Crippen LogP contribution in [0, 0.1) is 0 Å². The number of hydrogen-bond acceptors (Lipinski definition) is 7. The molecule has 23 heavy (non-hydrogen) atoms. The zero-order chi connectivity index (χ0) is 16.8. The van der Waals surface area contributed by atoms with Crippen LogP contribution in [0.15, 0.2) is 36.9 Å². The van der Waals surface area contributed by atoms with Gasteiger partial charge in [0.25, 0.3) is 0 Å². The van der Waals surface area contributed by atoms with Gasteiger partial charge in [-0.2, -0.15) is 0 Å². The van der Waals surface area contributed by atoms with Crippen LogP contribution in [-0.4, -0.2) is 66.3 Å². The summed E-state index contributed by atoms with van der Waals surface area (Å²) in [5.74, 6) is 1.11. The molecule has 1 saturated heterocycles. The molecule has 1 aromatic carbocycles. The molecular formula is C16H22O7. The van der Waals surface area contributed by atoms with Crippen LogP contribution in [0.3, 0.4) is 0 Å². The lowest BCUT2D eigenvalue weighted by Crippen LogP contribution is -2.61. The Morgan fingerprint density at radius 1 is 1.17 bits per heavy atom. The van der Waals surface area contributed by atoms with Gasteiger partial charge in [-0.3, -0.25) is 0 Å². The number of ether oxygens (including phenoxy) is 4. The van der Waals surface area contributed by atoms with Crippen LogP contribution < -0.4 is 9.47 Å². The van der Waals surface area contributed by atoms with E-state index in [4.69, 9.17) is 18.9 Å². The highest BCUT2D eigenvalue weighted by Gasteiger charge is 2.46. The van der Waals surface area contributed by atoms with Crippen LogP contribution in [-0.2, 0) is 9.47 Å². The molecule has 5 atom stereocenters. The van der Waals surface area contributed by atoms with Gasteiger partial charge in [-0.25, -0.2) is 0 Å². The number of rotatable bonds is 7. The third-order valence-electron chi connectivity index (χ3n) is 3.54. The van der Waals surface area contributed by atoms with Crippen molar-refractivity contribution in [1.29, 1.82) is 0 Å². The van der Waals surface area contributed by atoms with E-state index < -0.39 is 37.3 Å². The van der Waals surface area contributed by atoms with Gasteiger partial charge in [0, 0.05) is 0 Å². The summed E-state index contributed by atoms with van der Waals surface area (Å²) in [6, 6.07) is 6.73. The van der Waals surface area contributed by atoms with Gasteiger partial charge in [-0.15, -0.1) is 6.58 Å². The van der Waals surface area contributed by atoms with Crippen molar-refractivity contribution in [3.63, 3.8) is 0 Å². The summed E-state index contributed by atoms with van der Waals surface area (Å²) in [4.78, 5) is 0. The van der Waals surface area contributed by atoms with E-state index in [1.807, 2.05) is 0 Å². The van der Waals surface area contributed by atoms with Crippen LogP contribution in [0.1, 0.15) is 0 Å². The van der Waals surface area contributed by atoms with Crippen molar-refractivity contribution >= 4 is 0 Å². The molecule has 1 fully saturated rings. The van der Waals surface area contributed by atoms with Crippen molar-refractivity contribution in [2.45, 2.75) is 30.7 Å². The smallest absolute Gasteiger partial charge is 0.229 e. The first-order chi connectivity index (χ1) is 11.1. The molecule has 0 amide bonds. The first-order valence-corrected chi connectivity index (χ1v) is 7.26. The molecule has 128 valence electrons. The summed E-state index contributed by atoms with van der Waals surface area (Å²) in [6.45, 7) is 3.24. The second-order valence-corrected chi connectivity index (χ2v) is 5.09. The lowest BCUT2D eigenvalue weighted by Gasteiger charge is -2.41. The van der Waals surface area contributed by atoms with Gasteiger partial charge < -0.3 is 34.3 Å². The highest BCUT2D eigenvalue weighted by Crippen LogP contribution is 2.27. The zero-order valence-corrected chi connectivity index (χ0v) is 12.9. The van der Waals surface area contributed by atoms with E-state index in [2.05, 4.69) is 6.58 Å². The Bertz CT molecular complexity index is 490. The number of hydrogen-bond donors (Lipinski definition) is 3. The maximum absolute atomic E-state index is 10.3. The molecule has 0 saturated carbocycles. The largest absolute Gasteiger partial charge is 0.497 e. The van der Waals surface area contributed by atoms with Gasteiger partial charge in [0.05, 0.1) is 20.3 Å². The van der Waals surface area contributed by atoms with E-state index in [0.717, 1.165) is 0 Å². The Morgan fingerprint density at radius 3 is 2.39 bits per heavy atom. The molecule has 1 heterocycles. The van der Waals surface area contributed by atoms with Gasteiger partial charge in [-0.1, -0.05) is 6.08 Å². The third-order valence-corrected chi connectivity index (χ3v) is 3.54. The molecule has 1 aromatic rings. The number of benzene rings is 1. The molecule has 0 radical (unpaired) electrons. The minimum absolute atomic E-state index is 0.145. The Balaban J connectivity index is 2.10. The molecular weight excluding hydrogens is 304 g/mol. The van der Waals surface area contributed by atoms with Crippen molar-refractivity contribution in [2.24, 2.45) is 0 Å². The Hall–Kier alpha value is -1.64. The molecule has 1 aliphatic rings. The predicted octanol–water partition coefficient (Wildman–Crippen LogP) is 0.0842. The molecule has 0 unspecified atom stereocenters. The zero-order valence-electron chi connectivity index (χ0n) is 12.9. The van der Waals surface area contributed by atoms with Crippen LogP contribution in [0.25, 0.3) is 0 Å². The van der Waals surface area contributed by atoms with Gasteiger partial charge in [0.1, 0.15) is 35.9 Å². The standard InChI is InChI=1S/C16H22O7/c1-3-8-21-15-13(18)12(9-17)23-16(14(15)19)22-11-6-4-10(20-2)5-7-11/h3-7,12-19H,1,8-9H2,2H3/t12-,13+,14-,15+,16+/m1/s1. The van der Waals surface area contributed by atoms with E-state index in [9.17, 15) is 15.3 Å². The van der Waals surface area contributed by atoms with Crippen molar-refractivity contribution in [1.82, 2.24) is 0 Å². The third kappa shape index (κ3) is 4.21. The van der Waals surface area contributed by atoms with Gasteiger partial charge in [0.2, 0.25) is 6.29 Å². The van der Waals surface area contributed by atoms with Crippen LogP contribution in [0.2, 0.25) is 0 Å². The minimum Gasteiger partial charge on any atom is -0.497 e. The van der Waals surface area contributed by atoms with Crippen LogP contribution in [0.5, 0.6) is 11.5 Å². The van der Waals surface area contributed by atoms with Gasteiger partial charge >= 0.3 is 0 Å². The Kier molecular flexibility index (Phi) is 6.37. The van der Waals surface area contributed by atoms with Crippen LogP contribution >= 0.6 is 0 Å². The summed E-state index contributed by atoms with van der Waals surface area (Å²) in [6.07, 6.45) is -3.86. The average molecular weight is 326 g/mol. The maximum atomic E-state index is 10.3. The lowest BCUT2D eigenvalue weighted by molar-refractivity contribution is -0.284. The molecule has 0 aromatic heterocycles. The minimum atomic E-state index is -1.23. The summed E-state index contributed by atoms with van der Waals surface area (Å²) < 4.78 is 21.5. The fraction of sp³-hybridized carbons (Fsp3) is 0.500. The van der Waals surface area contributed by atoms with E-state index in [1.165, 1.54) is 6.08 Å². The summed E-state index contributed by atoms with van der Waals surface area (Å²) >= 11 is 0. The molecule has 0 bridgehead atoms. The molecule has 0 aliphatic carbocycles. The van der Waals surface area contributed by atoms with Crippen molar-refractivity contribution in [2.75, 3.05) is 20.3 Å². The molecule has 0 spiro atoms. The fourth-order valence-corrected chi connectivity index (χ4v) is 2.31. The molecule has 1 aliphatic heterocycles. The normalized spacial score (nSPS) is 30.7. The Morgan fingerprint density at radius 2 is 1.83 bits per heavy atom. The molecule has 3 N–H and O–H groups in total. The highest BCUT2D eigenvalue weighted by molar-refractivity contribution is 5.31. The van der Waals surface area contributed by atoms with Gasteiger partial charge in [0.15, 0.2) is 0 Å². The summed E-state index contributed by atoms with van der Waals surface area (Å²) in [7, 11) is 1.55. The second-order valence-electron chi connectivity index (χ2n) is 5.09. The second kappa shape index (κ2) is 8.28. The molecule has 7 heteroatoms. The van der Waals surface area contributed by atoms with E-state index in [1.54, 1.807) is 31.4 Å². The molecule has 7 nitrogen and oxygen atoms in total. The van der Waals surface area contributed by atoms with Crippen molar-refractivity contribution < 1.29 is 34.3 Å². The predicted molar refractivity (Wildman–Crippen MR) is 81.3 cm³/mol. The quantitative estimate of drug-likeness (QED) is 0.611. The lowest BCUT2D eigenvalue weighted by atomic mass is 9.99. The average Bonchev–Trinajstić information content (AvgIpc) is 2.58. The van der Waals surface area contributed by atoms with Gasteiger partial charge in [-0.05, 0) is 24.3 Å².